The highest BCUT2D eigenvalue weighted by Gasteiger charge is 2.12. The number of anilines is 1. The summed E-state index contributed by atoms with van der Waals surface area (Å²) in [5.74, 6) is 1.02. The Morgan fingerprint density at radius 1 is 1.00 bits per heavy atom. The van der Waals surface area contributed by atoms with Crippen molar-refractivity contribution in [3.05, 3.63) is 30.3 Å². The highest BCUT2D eigenvalue weighted by atomic mass is 14.9. The van der Waals surface area contributed by atoms with Crippen molar-refractivity contribution in [3.8, 4) is 0 Å². The first-order valence-electron chi connectivity index (χ1n) is 6.74. The molecule has 1 aromatic carbocycles. The highest BCUT2D eigenvalue weighted by molar-refractivity contribution is 5.42. The van der Waals surface area contributed by atoms with Crippen LogP contribution >= 0.6 is 0 Å². The molecule has 1 aliphatic carbocycles. The molecule has 2 rings (SSSR count). The SMILES string of the molecule is c1ccc(NCCCC2CCCCC2)cc1. The van der Waals surface area contributed by atoms with Crippen LogP contribution in [0.1, 0.15) is 44.9 Å². The van der Waals surface area contributed by atoms with E-state index in [4.69, 9.17) is 0 Å². The van der Waals surface area contributed by atoms with Gasteiger partial charge in [-0.25, -0.2) is 0 Å². The second-order valence-electron chi connectivity index (χ2n) is 4.94. The number of hydrogen-bond donors (Lipinski definition) is 1. The quantitative estimate of drug-likeness (QED) is 0.718. The molecule has 1 aromatic rings. The van der Waals surface area contributed by atoms with Crippen LogP contribution in [0.2, 0.25) is 0 Å². The van der Waals surface area contributed by atoms with Crippen LogP contribution in [0, 0.1) is 5.92 Å². The summed E-state index contributed by atoms with van der Waals surface area (Å²) in [4.78, 5) is 0. The zero-order valence-corrected chi connectivity index (χ0v) is 10.1. The topological polar surface area (TPSA) is 12.0 Å². The minimum Gasteiger partial charge on any atom is -0.385 e. The van der Waals surface area contributed by atoms with Gasteiger partial charge in [0.15, 0.2) is 0 Å². The highest BCUT2D eigenvalue weighted by Crippen LogP contribution is 2.27. The maximum absolute atomic E-state index is 3.48. The smallest absolute Gasteiger partial charge is 0.0340 e. The summed E-state index contributed by atoms with van der Waals surface area (Å²) in [5, 5.41) is 3.48. The van der Waals surface area contributed by atoms with Crippen LogP contribution in [0.25, 0.3) is 0 Å². The lowest BCUT2D eigenvalue weighted by molar-refractivity contribution is 0.335. The van der Waals surface area contributed by atoms with Gasteiger partial charge in [0.05, 0.1) is 0 Å². The van der Waals surface area contributed by atoms with Gasteiger partial charge in [-0.05, 0) is 30.9 Å². The molecule has 0 bridgehead atoms. The molecule has 0 aromatic heterocycles. The Morgan fingerprint density at radius 2 is 1.75 bits per heavy atom. The van der Waals surface area contributed by atoms with E-state index < -0.39 is 0 Å². The predicted octanol–water partition coefficient (Wildman–Crippen LogP) is 4.46. The fourth-order valence-corrected chi connectivity index (χ4v) is 2.66. The summed E-state index contributed by atoms with van der Waals surface area (Å²) in [6.07, 6.45) is 10.1. The molecular formula is C15H23N. The lowest BCUT2D eigenvalue weighted by Crippen LogP contribution is -2.09. The van der Waals surface area contributed by atoms with Crippen molar-refractivity contribution in [1.29, 1.82) is 0 Å². The third-order valence-electron chi connectivity index (χ3n) is 3.62. The first kappa shape index (κ1) is 11.5. The minimum atomic E-state index is 1.02. The van der Waals surface area contributed by atoms with Gasteiger partial charge in [0.1, 0.15) is 0 Å². The van der Waals surface area contributed by atoms with E-state index in [0.29, 0.717) is 0 Å². The van der Waals surface area contributed by atoms with E-state index in [1.807, 2.05) is 0 Å². The number of nitrogens with one attached hydrogen (secondary N) is 1. The first-order valence-corrected chi connectivity index (χ1v) is 6.74. The van der Waals surface area contributed by atoms with Crippen LogP contribution in [-0.2, 0) is 0 Å². The van der Waals surface area contributed by atoms with Gasteiger partial charge in [0, 0.05) is 12.2 Å². The van der Waals surface area contributed by atoms with Crippen LogP contribution in [0.4, 0.5) is 5.69 Å². The van der Waals surface area contributed by atoms with E-state index >= 15 is 0 Å². The van der Waals surface area contributed by atoms with Crippen LogP contribution in [0.15, 0.2) is 30.3 Å². The van der Waals surface area contributed by atoms with Gasteiger partial charge in [0.2, 0.25) is 0 Å². The molecule has 0 unspecified atom stereocenters. The average Bonchev–Trinajstić information content (AvgIpc) is 2.37. The van der Waals surface area contributed by atoms with E-state index in [1.54, 1.807) is 0 Å². The summed E-state index contributed by atoms with van der Waals surface area (Å²) in [6.45, 7) is 1.13. The van der Waals surface area contributed by atoms with Crippen molar-refractivity contribution in [2.24, 2.45) is 5.92 Å². The Bertz CT molecular complexity index is 275. The molecule has 0 atom stereocenters. The van der Waals surface area contributed by atoms with E-state index in [0.717, 1.165) is 12.5 Å². The normalized spacial score (nSPS) is 17.2. The van der Waals surface area contributed by atoms with Crippen LogP contribution in [-0.4, -0.2) is 6.54 Å². The lowest BCUT2D eigenvalue weighted by atomic mass is 9.86. The largest absolute Gasteiger partial charge is 0.385 e. The molecule has 1 fully saturated rings. The summed E-state index contributed by atoms with van der Waals surface area (Å²) in [6, 6.07) is 10.5. The molecule has 0 heterocycles. The van der Waals surface area contributed by atoms with Gasteiger partial charge < -0.3 is 5.32 Å². The van der Waals surface area contributed by atoms with E-state index in [2.05, 4.69) is 35.6 Å². The summed E-state index contributed by atoms with van der Waals surface area (Å²) in [7, 11) is 0. The molecule has 1 N–H and O–H groups in total. The monoisotopic (exact) mass is 217 g/mol. The molecule has 1 saturated carbocycles. The molecule has 0 amide bonds. The number of hydrogen-bond acceptors (Lipinski definition) is 1. The van der Waals surface area contributed by atoms with Crippen molar-refractivity contribution in [3.63, 3.8) is 0 Å². The zero-order valence-electron chi connectivity index (χ0n) is 10.1. The first-order chi connectivity index (χ1) is 7.95. The summed E-state index contributed by atoms with van der Waals surface area (Å²) in [5.41, 5.74) is 1.26. The molecule has 1 nitrogen and oxygen atoms in total. The Hall–Kier alpha value is -0.980. The van der Waals surface area contributed by atoms with Crippen LogP contribution in [0.5, 0.6) is 0 Å². The van der Waals surface area contributed by atoms with Gasteiger partial charge in [-0.15, -0.1) is 0 Å². The molecule has 0 radical (unpaired) electrons. The third-order valence-corrected chi connectivity index (χ3v) is 3.62. The van der Waals surface area contributed by atoms with Crippen LogP contribution < -0.4 is 5.32 Å². The van der Waals surface area contributed by atoms with Gasteiger partial charge in [-0.3, -0.25) is 0 Å². The molecule has 1 heteroatoms. The van der Waals surface area contributed by atoms with Crippen molar-refractivity contribution in [2.75, 3.05) is 11.9 Å². The Labute approximate surface area is 99.3 Å². The number of para-hydroxylation sites is 1. The Morgan fingerprint density at radius 3 is 2.50 bits per heavy atom. The molecule has 0 spiro atoms. The van der Waals surface area contributed by atoms with E-state index in [-0.39, 0.29) is 0 Å². The van der Waals surface area contributed by atoms with Gasteiger partial charge in [-0.2, -0.15) is 0 Å². The Kier molecular flexibility index (Phi) is 4.72. The van der Waals surface area contributed by atoms with E-state index in [9.17, 15) is 0 Å². The second-order valence-corrected chi connectivity index (χ2v) is 4.94. The maximum Gasteiger partial charge on any atom is 0.0340 e. The van der Waals surface area contributed by atoms with Crippen molar-refractivity contribution in [2.45, 2.75) is 44.9 Å². The molecular weight excluding hydrogens is 194 g/mol. The third kappa shape index (κ3) is 3.88. The van der Waals surface area contributed by atoms with Gasteiger partial charge >= 0.3 is 0 Å². The second kappa shape index (κ2) is 6.57. The maximum atomic E-state index is 3.48. The van der Waals surface area contributed by atoms with Crippen LogP contribution in [0.3, 0.4) is 0 Å². The van der Waals surface area contributed by atoms with Gasteiger partial charge in [0.25, 0.3) is 0 Å². The molecule has 0 saturated heterocycles. The number of rotatable bonds is 5. The Balaban J connectivity index is 1.58. The van der Waals surface area contributed by atoms with Crippen molar-refractivity contribution in [1.82, 2.24) is 0 Å². The fourth-order valence-electron chi connectivity index (χ4n) is 2.66. The number of benzene rings is 1. The van der Waals surface area contributed by atoms with Gasteiger partial charge in [-0.1, -0.05) is 50.3 Å². The summed E-state index contributed by atoms with van der Waals surface area (Å²) >= 11 is 0. The molecule has 16 heavy (non-hydrogen) atoms. The summed E-state index contributed by atoms with van der Waals surface area (Å²) < 4.78 is 0. The fraction of sp³-hybridized carbons (Fsp3) is 0.600. The average molecular weight is 217 g/mol. The minimum absolute atomic E-state index is 1.02. The standard InChI is InChI=1S/C15H23N/c1-3-8-14(9-4-1)10-7-13-16-15-11-5-2-6-12-15/h2,5-6,11-12,14,16H,1,3-4,7-10,13H2. The lowest BCUT2D eigenvalue weighted by Gasteiger charge is -2.21. The molecule has 1 aliphatic rings. The van der Waals surface area contributed by atoms with Crippen molar-refractivity contribution < 1.29 is 0 Å². The molecule has 0 aliphatic heterocycles. The molecule has 88 valence electrons. The van der Waals surface area contributed by atoms with Crippen molar-refractivity contribution >= 4 is 5.69 Å². The predicted molar refractivity (Wildman–Crippen MR) is 70.7 cm³/mol. The zero-order chi connectivity index (χ0) is 11.1. The van der Waals surface area contributed by atoms with E-state index in [1.165, 1.54) is 50.6 Å².